The molecule has 2 atom stereocenters. The SMILES string of the molecule is CN=C(NCCCC(=O)OC1CCCC1)NC1CCCC(SC)C1.I. The minimum atomic E-state index is -0.0539. The van der Waals surface area contributed by atoms with Crippen LogP contribution in [0.3, 0.4) is 0 Å². The van der Waals surface area contributed by atoms with Crippen LogP contribution in [0.2, 0.25) is 0 Å². The van der Waals surface area contributed by atoms with E-state index in [2.05, 4.69) is 21.9 Å². The van der Waals surface area contributed by atoms with Crippen molar-refractivity contribution in [1.29, 1.82) is 0 Å². The highest BCUT2D eigenvalue weighted by Gasteiger charge is 2.22. The fraction of sp³-hybridized carbons (Fsp3) is 0.889. The zero-order valence-corrected chi connectivity index (χ0v) is 18.7. The third kappa shape index (κ3) is 8.84. The summed E-state index contributed by atoms with van der Waals surface area (Å²) in [6.07, 6.45) is 13.1. The topological polar surface area (TPSA) is 62.7 Å². The van der Waals surface area contributed by atoms with Gasteiger partial charge in [-0.05, 0) is 57.6 Å². The molecule has 2 saturated carbocycles. The summed E-state index contributed by atoms with van der Waals surface area (Å²) in [6, 6.07) is 0.509. The molecular weight excluding hydrogens is 449 g/mol. The molecule has 2 aliphatic rings. The summed E-state index contributed by atoms with van der Waals surface area (Å²) in [7, 11) is 1.80. The van der Waals surface area contributed by atoms with E-state index in [1.807, 2.05) is 11.8 Å². The van der Waals surface area contributed by atoms with Crippen molar-refractivity contribution in [3.8, 4) is 0 Å². The second-order valence-corrected chi connectivity index (χ2v) is 8.00. The molecule has 0 aromatic carbocycles. The lowest BCUT2D eigenvalue weighted by molar-refractivity contribution is -0.148. The minimum absolute atomic E-state index is 0. The number of carbonyl (C=O) groups is 1. The maximum atomic E-state index is 11.8. The Labute approximate surface area is 173 Å². The van der Waals surface area contributed by atoms with Crippen molar-refractivity contribution in [1.82, 2.24) is 10.6 Å². The largest absolute Gasteiger partial charge is 0.462 e. The van der Waals surface area contributed by atoms with Crippen molar-refractivity contribution in [2.24, 2.45) is 4.99 Å². The molecule has 2 rings (SSSR count). The maximum absolute atomic E-state index is 11.8. The molecule has 146 valence electrons. The fourth-order valence-corrected chi connectivity index (χ4v) is 4.40. The highest BCUT2D eigenvalue weighted by Crippen LogP contribution is 2.26. The summed E-state index contributed by atoms with van der Waals surface area (Å²) in [5.41, 5.74) is 0. The first-order valence-corrected chi connectivity index (χ1v) is 10.7. The van der Waals surface area contributed by atoms with Crippen LogP contribution < -0.4 is 10.6 Å². The zero-order chi connectivity index (χ0) is 17.2. The van der Waals surface area contributed by atoms with Gasteiger partial charge < -0.3 is 15.4 Å². The van der Waals surface area contributed by atoms with Crippen LogP contribution in [0.5, 0.6) is 0 Å². The van der Waals surface area contributed by atoms with Crippen LogP contribution in [-0.4, -0.2) is 49.2 Å². The van der Waals surface area contributed by atoms with Crippen LogP contribution in [0, 0.1) is 0 Å². The van der Waals surface area contributed by atoms with E-state index >= 15 is 0 Å². The summed E-state index contributed by atoms with van der Waals surface area (Å²) in [5.74, 6) is 0.799. The van der Waals surface area contributed by atoms with E-state index in [4.69, 9.17) is 4.74 Å². The Balaban J connectivity index is 0.00000312. The van der Waals surface area contributed by atoms with Gasteiger partial charge in [0.1, 0.15) is 6.10 Å². The lowest BCUT2D eigenvalue weighted by Crippen LogP contribution is -2.45. The summed E-state index contributed by atoms with van der Waals surface area (Å²) < 4.78 is 5.48. The number of nitrogens with one attached hydrogen (secondary N) is 2. The molecule has 2 unspecified atom stereocenters. The molecule has 0 amide bonds. The predicted molar refractivity (Wildman–Crippen MR) is 117 cm³/mol. The highest BCUT2D eigenvalue weighted by molar-refractivity contribution is 14.0. The second-order valence-electron chi connectivity index (χ2n) is 6.86. The Morgan fingerprint density at radius 3 is 2.64 bits per heavy atom. The molecule has 0 bridgehead atoms. The van der Waals surface area contributed by atoms with Crippen LogP contribution in [-0.2, 0) is 9.53 Å². The molecule has 0 radical (unpaired) electrons. The molecule has 2 aliphatic carbocycles. The van der Waals surface area contributed by atoms with E-state index in [0.29, 0.717) is 12.5 Å². The maximum Gasteiger partial charge on any atom is 0.306 e. The number of hydrogen-bond acceptors (Lipinski definition) is 4. The van der Waals surface area contributed by atoms with E-state index in [-0.39, 0.29) is 36.0 Å². The highest BCUT2D eigenvalue weighted by atomic mass is 127. The molecule has 5 nitrogen and oxygen atoms in total. The van der Waals surface area contributed by atoms with Gasteiger partial charge in [0.15, 0.2) is 5.96 Å². The number of halogens is 1. The third-order valence-corrected chi connectivity index (χ3v) is 6.07. The van der Waals surface area contributed by atoms with E-state index in [0.717, 1.165) is 37.0 Å². The number of nitrogens with zero attached hydrogens (tertiary/aromatic N) is 1. The van der Waals surface area contributed by atoms with Gasteiger partial charge in [-0.25, -0.2) is 0 Å². The smallest absolute Gasteiger partial charge is 0.306 e. The quantitative estimate of drug-likeness (QED) is 0.190. The van der Waals surface area contributed by atoms with Crippen molar-refractivity contribution in [3.63, 3.8) is 0 Å². The number of thioether (sulfide) groups is 1. The van der Waals surface area contributed by atoms with Gasteiger partial charge in [0.2, 0.25) is 0 Å². The predicted octanol–water partition coefficient (Wildman–Crippen LogP) is 3.71. The molecule has 0 spiro atoms. The third-order valence-electron chi connectivity index (χ3n) is 4.97. The van der Waals surface area contributed by atoms with Gasteiger partial charge in [0, 0.05) is 31.3 Å². The normalized spacial score (nSPS) is 24.5. The van der Waals surface area contributed by atoms with Crippen molar-refractivity contribution < 1.29 is 9.53 Å². The summed E-state index contributed by atoms with van der Waals surface area (Å²) >= 11 is 1.97. The van der Waals surface area contributed by atoms with Crippen molar-refractivity contribution in [2.75, 3.05) is 19.8 Å². The number of carbonyl (C=O) groups excluding carboxylic acids is 1. The Hall–Kier alpha value is -0.180. The van der Waals surface area contributed by atoms with Crippen LogP contribution in [0.4, 0.5) is 0 Å². The Bertz CT molecular complexity index is 417. The average molecular weight is 483 g/mol. The molecule has 25 heavy (non-hydrogen) atoms. The molecule has 0 aromatic heterocycles. The molecule has 0 aromatic rings. The molecule has 2 fully saturated rings. The second kappa shape index (κ2) is 13.1. The molecular formula is C18H34IN3O2S. The monoisotopic (exact) mass is 483 g/mol. The molecule has 7 heteroatoms. The molecule has 0 heterocycles. The number of ether oxygens (including phenoxy) is 1. The zero-order valence-electron chi connectivity index (χ0n) is 15.6. The number of rotatable bonds is 7. The minimum Gasteiger partial charge on any atom is -0.462 e. The lowest BCUT2D eigenvalue weighted by Gasteiger charge is -2.29. The summed E-state index contributed by atoms with van der Waals surface area (Å²) in [5, 5.41) is 7.61. The first kappa shape index (κ1) is 22.9. The van der Waals surface area contributed by atoms with E-state index in [1.165, 1.54) is 38.5 Å². The molecule has 0 saturated heterocycles. The first-order valence-electron chi connectivity index (χ1n) is 9.40. The van der Waals surface area contributed by atoms with Crippen LogP contribution in [0.25, 0.3) is 0 Å². The Kier molecular flexibility index (Phi) is 11.9. The average Bonchev–Trinajstić information content (AvgIpc) is 3.10. The van der Waals surface area contributed by atoms with Gasteiger partial charge >= 0.3 is 5.97 Å². The van der Waals surface area contributed by atoms with Gasteiger partial charge in [-0.3, -0.25) is 9.79 Å². The fourth-order valence-electron chi connectivity index (χ4n) is 3.57. The van der Waals surface area contributed by atoms with E-state index in [1.54, 1.807) is 7.05 Å². The lowest BCUT2D eigenvalue weighted by atomic mass is 9.95. The molecule has 2 N–H and O–H groups in total. The van der Waals surface area contributed by atoms with E-state index in [9.17, 15) is 4.79 Å². The Morgan fingerprint density at radius 1 is 1.20 bits per heavy atom. The van der Waals surface area contributed by atoms with Crippen LogP contribution in [0.15, 0.2) is 4.99 Å². The van der Waals surface area contributed by atoms with Gasteiger partial charge in [0.25, 0.3) is 0 Å². The van der Waals surface area contributed by atoms with Crippen molar-refractivity contribution >= 4 is 47.7 Å². The van der Waals surface area contributed by atoms with Crippen LogP contribution >= 0.6 is 35.7 Å². The summed E-state index contributed by atoms with van der Waals surface area (Å²) in [6.45, 7) is 0.748. The van der Waals surface area contributed by atoms with Crippen molar-refractivity contribution in [3.05, 3.63) is 0 Å². The summed E-state index contributed by atoms with van der Waals surface area (Å²) in [4.78, 5) is 16.1. The van der Waals surface area contributed by atoms with Crippen molar-refractivity contribution in [2.45, 2.75) is 81.6 Å². The van der Waals surface area contributed by atoms with E-state index < -0.39 is 0 Å². The number of aliphatic imine (C=N–C) groups is 1. The number of esters is 1. The van der Waals surface area contributed by atoms with Gasteiger partial charge in [-0.15, -0.1) is 24.0 Å². The number of hydrogen-bond donors (Lipinski definition) is 2. The number of guanidine groups is 1. The van der Waals surface area contributed by atoms with Gasteiger partial charge in [-0.1, -0.05) is 6.42 Å². The standard InChI is InChI=1S/C18H33N3O2S.HI/c1-19-18(21-14-7-5-10-16(13-14)24-2)20-12-6-11-17(22)23-15-8-3-4-9-15;/h14-16H,3-13H2,1-2H3,(H2,19,20,21);1H. The van der Waals surface area contributed by atoms with Gasteiger partial charge in [-0.2, -0.15) is 11.8 Å². The first-order chi connectivity index (χ1) is 11.7. The Morgan fingerprint density at radius 2 is 1.96 bits per heavy atom. The van der Waals surface area contributed by atoms with Gasteiger partial charge in [0.05, 0.1) is 0 Å². The molecule has 0 aliphatic heterocycles. The van der Waals surface area contributed by atoms with Crippen LogP contribution in [0.1, 0.15) is 64.2 Å².